The topological polar surface area (TPSA) is 67.9 Å². The molecule has 146 valence electrons. The maximum atomic E-state index is 12.7. The number of para-hydroxylation sites is 1. The molecule has 1 aromatic carbocycles. The van der Waals surface area contributed by atoms with Gasteiger partial charge < -0.3 is 19.7 Å². The molecule has 1 aromatic rings. The van der Waals surface area contributed by atoms with E-state index >= 15 is 0 Å². The number of ether oxygens (including phenoxy) is 2. The molecule has 1 atom stereocenters. The van der Waals surface area contributed by atoms with Crippen molar-refractivity contribution in [1.29, 1.82) is 0 Å². The summed E-state index contributed by atoms with van der Waals surface area (Å²) in [5, 5.41) is 3.10. The molecular weight excluding hydrogens is 344 g/mol. The van der Waals surface area contributed by atoms with Crippen molar-refractivity contribution in [3.8, 4) is 5.75 Å². The van der Waals surface area contributed by atoms with Gasteiger partial charge in [0, 0.05) is 37.7 Å². The molecule has 1 unspecified atom stereocenters. The van der Waals surface area contributed by atoms with Crippen molar-refractivity contribution in [3.63, 3.8) is 0 Å². The highest BCUT2D eigenvalue weighted by molar-refractivity contribution is 5.97. The summed E-state index contributed by atoms with van der Waals surface area (Å²) < 4.78 is 10.5. The van der Waals surface area contributed by atoms with Crippen molar-refractivity contribution in [2.24, 2.45) is 5.41 Å². The van der Waals surface area contributed by atoms with E-state index in [9.17, 15) is 9.59 Å². The fourth-order valence-corrected chi connectivity index (χ4v) is 4.16. The van der Waals surface area contributed by atoms with Crippen LogP contribution in [0.25, 0.3) is 0 Å². The monoisotopic (exact) mass is 372 g/mol. The molecule has 0 aromatic heterocycles. The van der Waals surface area contributed by atoms with Crippen LogP contribution in [0.15, 0.2) is 36.0 Å². The molecule has 1 heterocycles. The first kappa shape index (κ1) is 19.4. The molecule has 1 aliphatic heterocycles. The van der Waals surface area contributed by atoms with Crippen LogP contribution in [-0.4, -0.2) is 50.6 Å². The van der Waals surface area contributed by atoms with Gasteiger partial charge in [-0.05, 0) is 37.8 Å². The minimum absolute atomic E-state index is 0.145. The molecule has 0 radical (unpaired) electrons. The number of fused-ring (bicyclic) bond motifs is 1. The first-order valence-corrected chi connectivity index (χ1v) is 9.52. The minimum atomic E-state index is -0.183. The van der Waals surface area contributed by atoms with Crippen molar-refractivity contribution < 1.29 is 19.1 Å². The van der Waals surface area contributed by atoms with Gasteiger partial charge >= 0.3 is 0 Å². The van der Waals surface area contributed by atoms with Crippen LogP contribution in [0, 0.1) is 5.41 Å². The number of likely N-dealkylation sites (tertiary alicyclic amines) is 1. The van der Waals surface area contributed by atoms with Gasteiger partial charge in [0.1, 0.15) is 5.75 Å². The Balaban J connectivity index is 1.77. The van der Waals surface area contributed by atoms with Crippen LogP contribution in [-0.2, 0) is 9.53 Å². The molecule has 0 spiro atoms. The number of piperidine rings is 1. The summed E-state index contributed by atoms with van der Waals surface area (Å²) in [6, 6.07) is 7.22. The highest BCUT2D eigenvalue weighted by Gasteiger charge is 2.44. The number of rotatable bonds is 7. The Morgan fingerprint density at radius 3 is 2.85 bits per heavy atom. The maximum absolute atomic E-state index is 12.7. The molecule has 0 bridgehead atoms. The molecule has 2 aliphatic rings. The second-order valence-electron chi connectivity index (χ2n) is 7.18. The van der Waals surface area contributed by atoms with Crippen LogP contribution in [0.4, 0.5) is 0 Å². The Morgan fingerprint density at radius 1 is 1.26 bits per heavy atom. The summed E-state index contributed by atoms with van der Waals surface area (Å²) in [7, 11) is 3.21. The van der Waals surface area contributed by atoms with Crippen LogP contribution < -0.4 is 10.1 Å². The summed E-state index contributed by atoms with van der Waals surface area (Å²) in [6.07, 6.45) is 6.46. The number of hydrogen-bond acceptors (Lipinski definition) is 4. The summed E-state index contributed by atoms with van der Waals surface area (Å²) in [6.45, 7) is 1.59. The highest BCUT2D eigenvalue weighted by atomic mass is 16.5. The molecule has 1 aliphatic carbocycles. The highest BCUT2D eigenvalue weighted by Crippen LogP contribution is 2.46. The van der Waals surface area contributed by atoms with E-state index in [4.69, 9.17) is 9.47 Å². The van der Waals surface area contributed by atoms with E-state index in [1.54, 1.807) is 26.4 Å². The molecule has 3 rings (SSSR count). The summed E-state index contributed by atoms with van der Waals surface area (Å²) in [5.74, 6) is 0.562. The largest absolute Gasteiger partial charge is 0.496 e. The summed E-state index contributed by atoms with van der Waals surface area (Å²) in [4.78, 5) is 27.1. The second kappa shape index (κ2) is 8.57. The van der Waals surface area contributed by atoms with E-state index in [1.165, 1.54) is 0 Å². The fraction of sp³-hybridized carbons (Fsp3) is 0.524. The molecule has 1 saturated heterocycles. The lowest BCUT2D eigenvalue weighted by atomic mass is 9.69. The zero-order chi connectivity index (χ0) is 19.3. The van der Waals surface area contributed by atoms with E-state index in [1.807, 2.05) is 17.0 Å². The van der Waals surface area contributed by atoms with Crippen molar-refractivity contribution in [2.75, 3.05) is 33.9 Å². The summed E-state index contributed by atoms with van der Waals surface area (Å²) >= 11 is 0. The predicted molar refractivity (Wildman–Crippen MR) is 103 cm³/mol. The van der Waals surface area contributed by atoms with Crippen LogP contribution in [0.3, 0.4) is 0 Å². The quantitative estimate of drug-likeness (QED) is 0.799. The van der Waals surface area contributed by atoms with Crippen LogP contribution in [0.2, 0.25) is 0 Å². The molecule has 0 saturated carbocycles. The van der Waals surface area contributed by atoms with Gasteiger partial charge in [-0.25, -0.2) is 0 Å². The lowest BCUT2D eigenvalue weighted by Crippen LogP contribution is -2.51. The molecular formula is C21H28N2O4. The Hall–Kier alpha value is -2.34. The number of nitrogens with zero attached hydrogens (tertiary/aromatic N) is 1. The van der Waals surface area contributed by atoms with E-state index in [2.05, 4.69) is 11.4 Å². The van der Waals surface area contributed by atoms with Gasteiger partial charge in [-0.3, -0.25) is 9.59 Å². The van der Waals surface area contributed by atoms with Gasteiger partial charge in [0.15, 0.2) is 0 Å². The Kier molecular flexibility index (Phi) is 6.16. The van der Waals surface area contributed by atoms with E-state index in [0.29, 0.717) is 37.4 Å². The van der Waals surface area contributed by atoms with Crippen LogP contribution in [0.1, 0.15) is 42.5 Å². The fourth-order valence-electron chi connectivity index (χ4n) is 4.16. The van der Waals surface area contributed by atoms with Crippen molar-refractivity contribution in [1.82, 2.24) is 10.2 Å². The Morgan fingerprint density at radius 2 is 2.07 bits per heavy atom. The van der Waals surface area contributed by atoms with E-state index in [0.717, 1.165) is 31.4 Å². The number of allylic oxidation sites excluding steroid dienone is 1. The number of nitrogens with one attached hydrogen (secondary N) is 1. The lowest BCUT2D eigenvalue weighted by molar-refractivity contribution is -0.134. The first-order valence-electron chi connectivity index (χ1n) is 9.52. The van der Waals surface area contributed by atoms with Crippen LogP contribution in [0.5, 0.6) is 5.75 Å². The van der Waals surface area contributed by atoms with Gasteiger partial charge in [0.05, 0.1) is 19.3 Å². The number of amides is 2. The number of methoxy groups -OCH3 is 2. The van der Waals surface area contributed by atoms with Crippen molar-refractivity contribution in [3.05, 3.63) is 41.6 Å². The third-order valence-corrected chi connectivity index (χ3v) is 5.61. The smallest absolute Gasteiger partial charge is 0.255 e. The second-order valence-corrected chi connectivity index (χ2v) is 7.18. The molecule has 2 amide bonds. The standard InChI is InChI=1S/C21H28N2O4/c1-26-14-13-23-18-9-5-6-11-21(18,12-10-19(23)24)15-22-20(25)16-7-3-4-8-17(16)27-2/h3-4,7-9H,5-6,10-15H2,1-2H3,(H,22,25). The van der Waals surface area contributed by atoms with Gasteiger partial charge in [-0.15, -0.1) is 0 Å². The molecule has 6 heteroatoms. The predicted octanol–water partition coefficient (Wildman–Crippen LogP) is 2.75. The van der Waals surface area contributed by atoms with Gasteiger partial charge in [-0.2, -0.15) is 0 Å². The van der Waals surface area contributed by atoms with E-state index < -0.39 is 0 Å². The van der Waals surface area contributed by atoms with Gasteiger partial charge in [-0.1, -0.05) is 18.2 Å². The average molecular weight is 372 g/mol. The zero-order valence-corrected chi connectivity index (χ0v) is 16.1. The molecule has 1 fully saturated rings. The minimum Gasteiger partial charge on any atom is -0.496 e. The number of hydrogen-bond donors (Lipinski definition) is 1. The SMILES string of the molecule is COCCN1C(=O)CCC2(CNC(=O)c3ccccc3OC)CCCC=C12. The average Bonchev–Trinajstić information content (AvgIpc) is 2.71. The first-order chi connectivity index (χ1) is 13.1. The van der Waals surface area contributed by atoms with Crippen LogP contribution >= 0.6 is 0 Å². The summed E-state index contributed by atoms with van der Waals surface area (Å²) in [5.41, 5.74) is 1.40. The third-order valence-electron chi connectivity index (χ3n) is 5.61. The molecule has 1 N–H and O–H groups in total. The van der Waals surface area contributed by atoms with Crippen molar-refractivity contribution in [2.45, 2.75) is 32.1 Å². The Bertz CT molecular complexity index is 731. The normalized spacial score (nSPS) is 22.1. The molecule has 27 heavy (non-hydrogen) atoms. The third kappa shape index (κ3) is 4.00. The number of benzene rings is 1. The number of carbonyl (C=O) groups is 2. The zero-order valence-electron chi connectivity index (χ0n) is 16.1. The maximum Gasteiger partial charge on any atom is 0.255 e. The van der Waals surface area contributed by atoms with Gasteiger partial charge in [0.2, 0.25) is 5.91 Å². The van der Waals surface area contributed by atoms with Crippen molar-refractivity contribution >= 4 is 11.8 Å². The lowest BCUT2D eigenvalue weighted by Gasteiger charge is -2.47. The number of carbonyl (C=O) groups excluding carboxylic acids is 2. The van der Waals surface area contributed by atoms with E-state index in [-0.39, 0.29) is 17.2 Å². The molecule has 6 nitrogen and oxygen atoms in total. The Labute approximate surface area is 160 Å². The van der Waals surface area contributed by atoms with Gasteiger partial charge in [0.25, 0.3) is 5.91 Å².